The minimum atomic E-state index is -4.40. The van der Waals surface area contributed by atoms with Crippen LogP contribution in [0, 0.1) is 6.92 Å². The van der Waals surface area contributed by atoms with Gasteiger partial charge >= 0.3 is 12.2 Å². The molecule has 0 atom stereocenters. The number of amides is 2. The van der Waals surface area contributed by atoms with E-state index in [2.05, 4.69) is 20.4 Å². The number of anilines is 1. The van der Waals surface area contributed by atoms with Crippen molar-refractivity contribution in [1.82, 2.24) is 20.1 Å². The molecule has 0 unspecified atom stereocenters. The molecule has 0 bridgehead atoms. The maximum atomic E-state index is 12.8. The Hall–Kier alpha value is -4.32. The van der Waals surface area contributed by atoms with E-state index in [1.165, 1.54) is 34.9 Å². The zero-order valence-electron chi connectivity index (χ0n) is 21.6. The van der Waals surface area contributed by atoms with E-state index in [-0.39, 0.29) is 6.54 Å². The minimum Gasteiger partial charge on any atom is -0.497 e. The van der Waals surface area contributed by atoms with E-state index in [9.17, 15) is 18.0 Å². The van der Waals surface area contributed by atoms with Gasteiger partial charge in [-0.25, -0.2) is 14.5 Å². The summed E-state index contributed by atoms with van der Waals surface area (Å²) in [7, 11) is 1.63. The lowest BCUT2D eigenvalue weighted by Crippen LogP contribution is -2.28. The number of rotatable bonds is 6. The van der Waals surface area contributed by atoms with Crippen molar-refractivity contribution < 1.29 is 22.7 Å². The van der Waals surface area contributed by atoms with Crippen molar-refractivity contribution in [3.05, 3.63) is 89.7 Å². The summed E-state index contributed by atoms with van der Waals surface area (Å²) >= 11 is 1.53. The number of nitrogens with zero attached hydrogens (tertiary/aromatic N) is 5. The normalized spacial score (nSPS) is 14.5. The van der Waals surface area contributed by atoms with Crippen LogP contribution < -0.4 is 15.0 Å². The van der Waals surface area contributed by atoms with Gasteiger partial charge in [0.2, 0.25) is 0 Å². The van der Waals surface area contributed by atoms with Crippen LogP contribution in [0.2, 0.25) is 0 Å². The van der Waals surface area contributed by atoms with Gasteiger partial charge in [0, 0.05) is 30.1 Å². The van der Waals surface area contributed by atoms with Gasteiger partial charge in [0.1, 0.15) is 12.1 Å². The zero-order valence-corrected chi connectivity index (χ0v) is 22.5. The predicted molar refractivity (Wildman–Crippen MR) is 149 cm³/mol. The van der Waals surface area contributed by atoms with Gasteiger partial charge in [0.15, 0.2) is 11.0 Å². The van der Waals surface area contributed by atoms with E-state index in [1.54, 1.807) is 7.11 Å². The van der Waals surface area contributed by atoms with Crippen molar-refractivity contribution in [3.8, 4) is 22.8 Å². The van der Waals surface area contributed by atoms with E-state index < -0.39 is 17.8 Å². The molecule has 1 saturated heterocycles. The van der Waals surface area contributed by atoms with E-state index >= 15 is 0 Å². The Labute approximate surface area is 232 Å². The summed E-state index contributed by atoms with van der Waals surface area (Å²) in [5.74, 6) is 2.04. The fourth-order valence-electron chi connectivity index (χ4n) is 4.17. The molecule has 40 heavy (non-hydrogen) atoms. The molecule has 5 rings (SSSR count). The van der Waals surface area contributed by atoms with Crippen LogP contribution in [0.15, 0.2) is 78.0 Å². The third-order valence-corrected chi connectivity index (χ3v) is 7.23. The maximum Gasteiger partial charge on any atom is 0.416 e. The summed E-state index contributed by atoms with van der Waals surface area (Å²) in [4.78, 5) is 23.2. The van der Waals surface area contributed by atoms with Gasteiger partial charge in [-0.1, -0.05) is 36.0 Å². The molecule has 0 radical (unpaired) electrons. The number of carbonyl (C=O) groups is 1. The van der Waals surface area contributed by atoms with Gasteiger partial charge in [-0.2, -0.15) is 18.2 Å². The lowest BCUT2D eigenvalue weighted by molar-refractivity contribution is -0.137. The highest BCUT2D eigenvalue weighted by molar-refractivity contribution is 8.14. The predicted octanol–water partition coefficient (Wildman–Crippen LogP) is 6.09. The van der Waals surface area contributed by atoms with Crippen molar-refractivity contribution >= 4 is 28.6 Å². The third kappa shape index (κ3) is 6.12. The van der Waals surface area contributed by atoms with E-state index in [0.717, 1.165) is 52.6 Å². The van der Waals surface area contributed by atoms with Crippen LogP contribution in [-0.2, 0) is 12.7 Å². The Kier molecular flexibility index (Phi) is 7.78. The minimum absolute atomic E-state index is 0.287. The van der Waals surface area contributed by atoms with Crippen molar-refractivity contribution in [2.45, 2.75) is 19.6 Å². The Morgan fingerprint density at radius 1 is 1.10 bits per heavy atom. The summed E-state index contributed by atoms with van der Waals surface area (Å²) in [5, 5.41) is 7.85. The number of ether oxygens (including phenoxy) is 1. The van der Waals surface area contributed by atoms with Crippen LogP contribution in [0.5, 0.6) is 5.75 Å². The number of aromatic nitrogens is 3. The van der Waals surface area contributed by atoms with Crippen molar-refractivity contribution in [2.24, 2.45) is 4.99 Å². The van der Waals surface area contributed by atoms with Crippen molar-refractivity contribution in [3.63, 3.8) is 0 Å². The molecular formula is C28H25F3N6O2S. The summed E-state index contributed by atoms with van der Waals surface area (Å²) < 4.78 is 45.1. The average molecular weight is 567 g/mol. The first-order chi connectivity index (χ1) is 19.2. The monoisotopic (exact) mass is 566 g/mol. The van der Waals surface area contributed by atoms with Crippen LogP contribution in [-0.4, -0.2) is 45.4 Å². The Balaban J connectivity index is 1.20. The number of methoxy groups -OCH3 is 1. The molecule has 1 aromatic heterocycles. The number of amidine groups is 1. The molecule has 206 valence electrons. The lowest BCUT2D eigenvalue weighted by Gasteiger charge is -2.20. The number of alkyl halides is 3. The molecule has 1 aliphatic heterocycles. The first kappa shape index (κ1) is 27.3. The molecule has 0 aliphatic carbocycles. The fraction of sp³-hybridized carbons (Fsp3) is 0.214. The molecule has 1 N–H and O–H groups in total. The van der Waals surface area contributed by atoms with Crippen LogP contribution in [0.25, 0.3) is 17.1 Å². The molecule has 1 fully saturated rings. The van der Waals surface area contributed by atoms with Crippen LogP contribution in [0.3, 0.4) is 0 Å². The zero-order chi connectivity index (χ0) is 28.3. The van der Waals surface area contributed by atoms with Gasteiger partial charge < -0.3 is 15.0 Å². The Morgan fingerprint density at radius 2 is 1.85 bits per heavy atom. The largest absolute Gasteiger partial charge is 0.497 e. The van der Waals surface area contributed by atoms with Crippen molar-refractivity contribution in [1.29, 1.82) is 0 Å². The first-order valence-electron chi connectivity index (χ1n) is 12.3. The molecule has 0 spiro atoms. The first-order valence-corrected chi connectivity index (χ1v) is 13.3. The summed E-state index contributed by atoms with van der Waals surface area (Å²) in [6.45, 7) is 3.04. The van der Waals surface area contributed by atoms with Gasteiger partial charge in [-0.05, 0) is 60.5 Å². The standard InChI is InChI=1S/C28H25F3N6O2S/c1-18-15-23(39-2)11-12-24(18)36-13-14-40-27(36)34-26(38)32-16-19-3-5-20(6-4-19)25-33-17-37(35-25)22-9-7-21(8-10-22)28(29,30)31/h3-12,15,17H,13-14,16H2,1-2H3,(H,32,38). The number of benzene rings is 3. The van der Waals surface area contributed by atoms with Gasteiger partial charge in [-0.15, -0.1) is 5.10 Å². The summed E-state index contributed by atoms with van der Waals surface area (Å²) in [6, 6.07) is 17.4. The van der Waals surface area contributed by atoms with Crippen LogP contribution >= 0.6 is 11.8 Å². The number of nitrogens with one attached hydrogen (secondary N) is 1. The number of urea groups is 1. The molecule has 12 heteroatoms. The quantitative estimate of drug-likeness (QED) is 0.304. The second kappa shape index (κ2) is 11.4. The smallest absolute Gasteiger partial charge is 0.416 e. The van der Waals surface area contributed by atoms with Crippen molar-refractivity contribution in [2.75, 3.05) is 24.3 Å². The highest BCUT2D eigenvalue weighted by atomic mass is 32.2. The molecule has 2 heterocycles. The number of hydrogen-bond acceptors (Lipinski definition) is 5. The molecule has 4 aromatic rings. The number of aryl methyl sites for hydroxylation is 1. The molecular weight excluding hydrogens is 541 g/mol. The molecule has 1 aliphatic rings. The highest BCUT2D eigenvalue weighted by Crippen LogP contribution is 2.31. The van der Waals surface area contributed by atoms with Crippen LogP contribution in [0.1, 0.15) is 16.7 Å². The highest BCUT2D eigenvalue weighted by Gasteiger charge is 2.30. The van der Waals surface area contributed by atoms with Gasteiger partial charge in [-0.3, -0.25) is 0 Å². The lowest BCUT2D eigenvalue weighted by atomic mass is 10.1. The fourth-order valence-corrected chi connectivity index (χ4v) is 5.12. The second-order valence-electron chi connectivity index (χ2n) is 8.96. The second-order valence-corrected chi connectivity index (χ2v) is 10.0. The number of carbonyl (C=O) groups excluding carboxylic acids is 1. The molecule has 0 saturated carbocycles. The molecule has 2 amide bonds. The third-order valence-electron chi connectivity index (χ3n) is 6.28. The van der Waals surface area contributed by atoms with E-state index in [1.807, 2.05) is 54.3 Å². The Bertz CT molecular complexity index is 1540. The number of aliphatic imine (C=N–C) groups is 1. The maximum absolute atomic E-state index is 12.8. The van der Waals surface area contributed by atoms with E-state index in [0.29, 0.717) is 16.7 Å². The SMILES string of the molecule is COc1ccc(N2CCSC2=NC(=O)NCc2ccc(-c3ncn(-c4ccc(C(F)(F)F)cc4)n3)cc2)c(C)c1. The number of hydrogen-bond donors (Lipinski definition) is 1. The number of halogens is 3. The number of thioether (sulfide) groups is 1. The summed E-state index contributed by atoms with van der Waals surface area (Å²) in [5.41, 5.74) is 3.36. The topological polar surface area (TPSA) is 84.6 Å². The average Bonchev–Trinajstić information content (AvgIpc) is 3.62. The van der Waals surface area contributed by atoms with Gasteiger partial charge in [0.25, 0.3) is 0 Å². The van der Waals surface area contributed by atoms with Gasteiger partial charge in [0.05, 0.1) is 18.4 Å². The molecule has 3 aromatic carbocycles. The van der Waals surface area contributed by atoms with E-state index in [4.69, 9.17) is 4.74 Å². The summed E-state index contributed by atoms with van der Waals surface area (Å²) in [6.07, 6.45) is -2.95. The molecule has 8 nitrogen and oxygen atoms in total. The Morgan fingerprint density at radius 3 is 2.52 bits per heavy atom. The van der Waals surface area contributed by atoms with Crippen LogP contribution in [0.4, 0.5) is 23.7 Å².